The van der Waals surface area contributed by atoms with Gasteiger partial charge >= 0.3 is 6.03 Å². The number of urea groups is 1. The summed E-state index contributed by atoms with van der Waals surface area (Å²) in [6.07, 6.45) is 2.50. The topological polar surface area (TPSA) is 75.7 Å². The van der Waals surface area contributed by atoms with Gasteiger partial charge in [0.2, 0.25) is 0 Å². The van der Waals surface area contributed by atoms with E-state index in [0.29, 0.717) is 11.6 Å². The summed E-state index contributed by atoms with van der Waals surface area (Å²) in [4.78, 5) is 13.6. The molecular formula is C15H20N2O4S. The Balaban J connectivity index is 1.50. The molecule has 3 rings (SSSR count). The summed E-state index contributed by atoms with van der Waals surface area (Å²) in [5.41, 5.74) is 0.678. The highest BCUT2D eigenvalue weighted by Crippen LogP contribution is 2.29. The molecule has 1 heterocycles. The van der Waals surface area contributed by atoms with Gasteiger partial charge in [0.05, 0.1) is 18.1 Å². The highest BCUT2D eigenvalue weighted by Gasteiger charge is 2.25. The Hall–Kier alpha value is -1.76. The average molecular weight is 324 g/mol. The van der Waals surface area contributed by atoms with Gasteiger partial charge in [-0.3, -0.25) is 0 Å². The van der Waals surface area contributed by atoms with Crippen LogP contribution in [0.4, 0.5) is 10.5 Å². The van der Waals surface area contributed by atoms with Crippen molar-refractivity contribution in [2.24, 2.45) is 5.92 Å². The molecule has 0 atom stereocenters. The van der Waals surface area contributed by atoms with E-state index in [1.54, 1.807) is 12.1 Å². The predicted molar refractivity (Wildman–Crippen MR) is 83.9 cm³/mol. The summed E-state index contributed by atoms with van der Waals surface area (Å²) in [6.45, 7) is 1.25. The van der Waals surface area contributed by atoms with Gasteiger partial charge < -0.3 is 15.0 Å². The summed E-state index contributed by atoms with van der Waals surface area (Å²) < 4.78 is 28.4. The number of amides is 2. The van der Waals surface area contributed by atoms with Gasteiger partial charge in [0.25, 0.3) is 0 Å². The highest BCUT2D eigenvalue weighted by atomic mass is 32.2. The van der Waals surface area contributed by atoms with Crippen LogP contribution in [0.15, 0.2) is 24.3 Å². The van der Waals surface area contributed by atoms with Crippen LogP contribution < -0.4 is 10.1 Å². The number of sulfone groups is 1. The second kappa shape index (κ2) is 6.16. The zero-order chi connectivity index (χ0) is 15.6. The fourth-order valence-corrected chi connectivity index (χ4v) is 3.45. The van der Waals surface area contributed by atoms with Crippen molar-refractivity contribution in [3.63, 3.8) is 0 Å². The molecule has 1 aromatic rings. The number of hydrogen-bond donors (Lipinski definition) is 1. The molecule has 0 radical (unpaired) electrons. The van der Waals surface area contributed by atoms with Crippen molar-refractivity contribution in [2.45, 2.75) is 12.8 Å². The first-order valence-corrected chi connectivity index (χ1v) is 9.33. The lowest BCUT2D eigenvalue weighted by Gasteiger charge is -2.26. The summed E-state index contributed by atoms with van der Waals surface area (Å²) in [7, 11) is -2.97. The number of nitrogens with one attached hydrogen (secondary N) is 1. The molecule has 120 valence electrons. The van der Waals surface area contributed by atoms with E-state index >= 15 is 0 Å². The minimum Gasteiger partial charge on any atom is -0.493 e. The van der Waals surface area contributed by atoms with Gasteiger partial charge in [-0.2, -0.15) is 0 Å². The van der Waals surface area contributed by atoms with Gasteiger partial charge in [0, 0.05) is 18.8 Å². The van der Waals surface area contributed by atoms with E-state index in [-0.39, 0.29) is 30.6 Å². The van der Waals surface area contributed by atoms with Crippen molar-refractivity contribution in [2.75, 3.05) is 36.5 Å². The Labute approximate surface area is 130 Å². The number of carbonyl (C=O) groups excluding carboxylic acids is 1. The lowest BCUT2D eigenvalue weighted by Crippen LogP contribution is -2.45. The van der Waals surface area contributed by atoms with Crippen LogP contribution in [0.1, 0.15) is 12.8 Å². The van der Waals surface area contributed by atoms with E-state index in [9.17, 15) is 13.2 Å². The highest BCUT2D eigenvalue weighted by molar-refractivity contribution is 7.91. The second-order valence-electron chi connectivity index (χ2n) is 5.85. The van der Waals surface area contributed by atoms with Crippen LogP contribution in [0, 0.1) is 5.92 Å². The van der Waals surface area contributed by atoms with Crippen molar-refractivity contribution in [3.8, 4) is 5.75 Å². The van der Waals surface area contributed by atoms with Crippen LogP contribution in [-0.4, -0.2) is 50.6 Å². The van der Waals surface area contributed by atoms with Gasteiger partial charge in [-0.1, -0.05) is 0 Å². The van der Waals surface area contributed by atoms with Crippen LogP contribution >= 0.6 is 0 Å². The quantitative estimate of drug-likeness (QED) is 0.915. The molecular weight excluding hydrogens is 304 g/mol. The first-order valence-electron chi connectivity index (χ1n) is 7.51. The van der Waals surface area contributed by atoms with Gasteiger partial charge in [-0.25, -0.2) is 13.2 Å². The molecule has 1 aliphatic carbocycles. The zero-order valence-electron chi connectivity index (χ0n) is 12.3. The molecule has 1 saturated carbocycles. The first kappa shape index (κ1) is 15.1. The van der Waals surface area contributed by atoms with Crippen molar-refractivity contribution >= 4 is 21.6 Å². The lowest BCUT2D eigenvalue weighted by molar-refractivity contribution is 0.216. The third-order valence-corrected chi connectivity index (χ3v) is 5.53. The van der Waals surface area contributed by atoms with Gasteiger partial charge in [0.15, 0.2) is 9.84 Å². The van der Waals surface area contributed by atoms with E-state index < -0.39 is 9.84 Å². The maximum absolute atomic E-state index is 12.1. The molecule has 0 spiro atoms. The Morgan fingerprint density at radius 1 is 1.18 bits per heavy atom. The Bertz CT molecular complexity index is 624. The number of rotatable bonds is 4. The molecule has 1 aliphatic heterocycles. The Morgan fingerprint density at radius 3 is 2.41 bits per heavy atom. The molecule has 0 unspecified atom stereocenters. The van der Waals surface area contributed by atoms with Crippen LogP contribution in [0.3, 0.4) is 0 Å². The molecule has 1 aromatic carbocycles. The summed E-state index contributed by atoms with van der Waals surface area (Å²) >= 11 is 0. The van der Waals surface area contributed by atoms with E-state index in [2.05, 4.69) is 5.32 Å². The molecule has 2 aliphatic rings. The fourth-order valence-electron chi connectivity index (χ4n) is 2.25. The molecule has 7 heteroatoms. The van der Waals surface area contributed by atoms with Crippen LogP contribution in [0.2, 0.25) is 0 Å². The largest absolute Gasteiger partial charge is 0.493 e. The maximum Gasteiger partial charge on any atom is 0.321 e. The SMILES string of the molecule is O=C(Nc1ccc(OCC2CC2)cc1)N1CCS(=O)(=O)CC1. The van der Waals surface area contributed by atoms with E-state index in [4.69, 9.17) is 4.74 Å². The van der Waals surface area contributed by atoms with Gasteiger partial charge in [-0.05, 0) is 43.0 Å². The van der Waals surface area contributed by atoms with E-state index in [1.165, 1.54) is 17.7 Å². The third kappa shape index (κ3) is 4.13. The first-order chi connectivity index (χ1) is 10.5. The monoisotopic (exact) mass is 324 g/mol. The Morgan fingerprint density at radius 2 is 1.82 bits per heavy atom. The molecule has 0 bridgehead atoms. The minimum atomic E-state index is -2.97. The predicted octanol–water partition coefficient (Wildman–Crippen LogP) is 1.74. The van der Waals surface area contributed by atoms with Crippen molar-refractivity contribution in [1.82, 2.24) is 4.90 Å². The van der Waals surface area contributed by atoms with Crippen molar-refractivity contribution < 1.29 is 17.9 Å². The molecule has 2 amide bonds. The van der Waals surface area contributed by atoms with Crippen molar-refractivity contribution in [1.29, 1.82) is 0 Å². The lowest BCUT2D eigenvalue weighted by atomic mass is 10.3. The normalized spacial score (nSPS) is 20.5. The number of nitrogens with zero attached hydrogens (tertiary/aromatic N) is 1. The minimum absolute atomic E-state index is 0.0361. The Kier molecular flexibility index (Phi) is 4.24. The molecule has 2 fully saturated rings. The molecule has 1 N–H and O–H groups in total. The smallest absolute Gasteiger partial charge is 0.321 e. The standard InChI is InChI=1S/C15H20N2O4S/c18-15(17-7-9-22(19,20)10-8-17)16-13-3-5-14(6-4-13)21-11-12-1-2-12/h3-6,12H,1-2,7-11H2,(H,16,18). The van der Waals surface area contributed by atoms with Crippen LogP contribution in [-0.2, 0) is 9.84 Å². The maximum atomic E-state index is 12.1. The fraction of sp³-hybridized carbons (Fsp3) is 0.533. The average Bonchev–Trinajstić information content (AvgIpc) is 3.30. The molecule has 6 nitrogen and oxygen atoms in total. The summed E-state index contributed by atoms with van der Waals surface area (Å²) in [5.74, 6) is 1.58. The number of carbonyl (C=O) groups is 1. The second-order valence-corrected chi connectivity index (χ2v) is 8.15. The number of ether oxygens (including phenoxy) is 1. The molecule has 1 saturated heterocycles. The van der Waals surface area contributed by atoms with Gasteiger partial charge in [0.1, 0.15) is 5.75 Å². The molecule has 22 heavy (non-hydrogen) atoms. The number of hydrogen-bond acceptors (Lipinski definition) is 4. The number of anilines is 1. The van der Waals surface area contributed by atoms with Crippen LogP contribution in [0.25, 0.3) is 0 Å². The third-order valence-electron chi connectivity index (χ3n) is 3.92. The van der Waals surface area contributed by atoms with Crippen molar-refractivity contribution in [3.05, 3.63) is 24.3 Å². The van der Waals surface area contributed by atoms with E-state index in [0.717, 1.165) is 12.4 Å². The van der Waals surface area contributed by atoms with Gasteiger partial charge in [-0.15, -0.1) is 0 Å². The molecule has 0 aromatic heterocycles. The summed E-state index contributed by atoms with van der Waals surface area (Å²) in [6, 6.07) is 6.99. The number of benzene rings is 1. The van der Waals surface area contributed by atoms with Crippen LogP contribution in [0.5, 0.6) is 5.75 Å². The van der Waals surface area contributed by atoms with E-state index in [1.807, 2.05) is 12.1 Å². The zero-order valence-corrected chi connectivity index (χ0v) is 13.1. The summed E-state index contributed by atoms with van der Waals surface area (Å²) in [5, 5.41) is 2.78.